The van der Waals surface area contributed by atoms with E-state index in [1.54, 1.807) is 23.7 Å². The second kappa shape index (κ2) is 3.53. The monoisotopic (exact) mass is 232 g/mol. The van der Waals surface area contributed by atoms with Gasteiger partial charge in [-0.25, -0.2) is 9.97 Å². The zero-order chi connectivity index (χ0) is 11.0. The van der Waals surface area contributed by atoms with Gasteiger partial charge in [0.05, 0.1) is 22.3 Å². The van der Waals surface area contributed by atoms with Crippen LogP contribution in [0, 0.1) is 0 Å². The average Bonchev–Trinajstić information content (AvgIpc) is 2.87. The fourth-order valence-electron chi connectivity index (χ4n) is 1.53. The number of nitrogens with two attached hydrogens (primary N) is 1. The Kier molecular flexibility index (Phi) is 2.03. The molecule has 16 heavy (non-hydrogen) atoms. The molecule has 6 nitrogen and oxygen atoms in total. The third kappa shape index (κ3) is 1.50. The highest BCUT2D eigenvalue weighted by molar-refractivity contribution is 7.09. The van der Waals surface area contributed by atoms with Gasteiger partial charge in [0.15, 0.2) is 5.65 Å². The number of hydrogen-bond acceptors (Lipinski definition) is 6. The lowest BCUT2D eigenvalue weighted by Gasteiger charge is -2.00. The molecule has 0 aliphatic heterocycles. The van der Waals surface area contributed by atoms with E-state index >= 15 is 0 Å². The van der Waals surface area contributed by atoms with E-state index in [1.807, 2.05) is 5.38 Å². The highest BCUT2D eigenvalue weighted by Gasteiger charge is 2.09. The van der Waals surface area contributed by atoms with Gasteiger partial charge in [-0.2, -0.15) is 10.1 Å². The molecule has 0 saturated carbocycles. The Morgan fingerprint density at radius 2 is 2.31 bits per heavy atom. The zero-order valence-electron chi connectivity index (χ0n) is 8.21. The minimum absolute atomic E-state index is 0.253. The summed E-state index contributed by atoms with van der Waals surface area (Å²) in [6.45, 7) is 0. The van der Waals surface area contributed by atoms with E-state index in [9.17, 15) is 0 Å². The van der Waals surface area contributed by atoms with Gasteiger partial charge in [0.25, 0.3) is 0 Å². The first kappa shape index (κ1) is 9.22. The van der Waals surface area contributed by atoms with E-state index in [2.05, 4.69) is 25.1 Å². The Morgan fingerprint density at radius 3 is 3.12 bits per heavy atom. The van der Waals surface area contributed by atoms with Crippen LogP contribution in [0.25, 0.3) is 11.0 Å². The molecular formula is C9H8N6S. The Labute approximate surface area is 94.6 Å². The molecule has 3 heterocycles. The van der Waals surface area contributed by atoms with Crippen molar-refractivity contribution >= 4 is 28.3 Å². The van der Waals surface area contributed by atoms with E-state index in [0.29, 0.717) is 12.1 Å². The van der Waals surface area contributed by atoms with Gasteiger partial charge in [0, 0.05) is 18.0 Å². The van der Waals surface area contributed by atoms with Crippen LogP contribution >= 0.6 is 11.3 Å². The Bertz CT molecular complexity index is 614. The summed E-state index contributed by atoms with van der Waals surface area (Å²) in [5.41, 5.74) is 7.14. The molecule has 0 amide bonds. The minimum Gasteiger partial charge on any atom is -0.368 e. The highest BCUT2D eigenvalue weighted by atomic mass is 32.1. The van der Waals surface area contributed by atoms with Crippen molar-refractivity contribution in [2.45, 2.75) is 6.42 Å². The van der Waals surface area contributed by atoms with Crippen LogP contribution in [0.5, 0.6) is 0 Å². The molecule has 0 aromatic carbocycles. The summed E-state index contributed by atoms with van der Waals surface area (Å²) in [5.74, 6) is 0.253. The van der Waals surface area contributed by atoms with Crippen LogP contribution in [-0.2, 0) is 6.42 Å². The van der Waals surface area contributed by atoms with Crippen molar-refractivity contribution in [3.8, 4) is 0 Å². The molecule has 80 valence electrons. The summed E-state index contributed by atoms with van der Waals surface area (Å²) in [6, 6.07) is 0. The van der Waals surface area contributed by atoms with Gasteiger partial charge in [-0.15, -0.1) is 11.3 Å². The first-order valence-corrected chi connectivity index (χ1v) is 5.55. The number of rotatable bonds is 2. The second-order valence-electron chi connectivity index (χ2n) is 3.26. The number of anilines is 1. The number of nitrogens with zero attached hydrogens (tertiary/aromatic N) is 4. The van der Waals surface area contributed by atoms with Gasteiger partial charge < -0.3 is 5.73 Å². The molecule has 3 N–H and O–H groups in total. The topological polar surface area (TPSA) is 93.4 Å². The zero-order valence-corrected chi connectivity index (χ0v) is 9.03. The molecule has 0 bridgehead atoms. The van der Waals surface area contributed by atoms with Crippen molar-refractivity contribution in [2.24, 2.45) is 0 Å². The van der Waals surface area contributed by atoms with Crippen LogP contribution in [0.1, 0.15) is 10.7 Å². The first-order chi connectivity index (χ1) is 7.83. The summed E-state index contributed by atoms with van der Waals surface area (Å²) >= 11 is 1.59. The molecule has 0 saturated heterocycles. The van der Waals surface area contributed by atoms with Crippen LogP contribution in [0.2, 0.25) is 0 Å². The summed E-state index contributed by atoms with van der Waals surface area (Å²) in [4.78, 5) is 12.5. The third-order valence-electron chi connectivity index (χ3n) is 2.21. The Balaban J connectivity index is 2.11. The van der Waals surface area contributed by atoms with Gasteiger partial charge in [-0.1, -0.05) is 0 Å². The molecule has 0 fully saturated rings. The summed E-state index contributed by atoms with van der Waals surface area (Å²) in [6.07, 6.45) is 4.13. The maximum Gasteiger partial charge on any atom is 0.222 e. The van der Waals surface area contributed by atoms with Gasteiger partial charge in [0.1, 0.15) is 0 Å². The summed E-state index contributed by atoms with van der Waals surface area (Å²) in [7, 11) is 0. The predicted octanol–water partition coefficient (Wildman–Crippen LogP) is 0.982. The van der Waals surface area contributed by atoms with Gasteiger partial charge >= 0.3 is 0 Å². The quantitative estimate of drug-likeness (QED) is 0.687. The second-order valence-corrected chi connectivity index (χ2v) is 4.24. The number of nitrogen functional groups attached to an aromatic ring is 1. The van der Waals surface area contributed by atoms with Gasteiger partial charge in [-0.05, 0) is 0 Å². The van der Waals surface area contributed by atoms with E-state index in [1.165, 1.54) is 0 Å². The lowest BCUT2D eigenvalue weighted by atomic mass is 10.2. The molecule has 3 aromatic heterocycles. The van der Waals surface area contributed by atoms with E-state index < -0.39 is 0 Å². The fraction of sp³-hybridized carbons (Fsp3) is 0.111. The predicted molar refractivity (Wildman–Crippen MR) is 61.0 cm³/mol. The highest BCUT2D eigenvalue weighted by Crippen LogP contribution is 2.18. The number of aromatic amines is 1. The molecule has 0 radical (unpaired) electrons. The van der Waals surface area contributed by atoms with Crippen LogP contribution in [0.3, 0.4) is 0 Å². The number of H-pyrrole nitrogens is 1. The van der Waals surface area contributed by atoms with E-state index in [-0.39, 0.29) is 5.95 Å². The first-order valence-electron chi connectivity index (χ1n) is 4.67. The molecule has 0 aliphatic carbocycles. The Morgan fingerprint density at radius 1 is 1.38 bits per heavy atom. The maximum absolute atomic E-state index is 5.63. The average molecular weight is 232 g/mol. The molecule has 7 heteroatoms. The number of fused-ring (bicyclic) bond motifs is 1. The van der Waals surface area contributed by atoms with Crippen LogP contribution in [-0.4, -0.2) is 25.1 Å². The molecule has 3 rings (SSSR count). The largest absolute Gasteiger partial charge is 0.368 e. The number of hydrogen-bond donors (Lipinski definition) is 2. The van der Waals surface area contributed by atoms with Crippen molar-refractivity contribution in [2.75, 3.05) is 5.73 Å². The number of thiazole rings is 1. The Hall–Kier alpha value is -2.02. The lowest BCUT2D eigenvalue weighted by Crippen LogP contribution is -2.00. The lowest BCUT2D eigenvalue weighted by molar-refractivity contribution is 1.05. The van der Waals surface area contributed by atoms with Gasteiger partial charge in [0.2, 0.25) is 5.95 Å². The molecule has 0 atom stereocenters. The normalized spacial score (nSPS) is 11.0. The number of nitrogens with one attached hydrogen (secondary N) is 1. The SMILES string of the molecule is Nc1nc(Cc2nccs2)c2cn[nH]c2n1. The van der Waals surface area contributed by atoms with Crippen LogP contribution < -0.4 is 5.73 Å². The van der Waals surface area contributed by atoms with Gasteiger partial charge in [-0.3, -0.25) is 5.10 Å². The van der Waals surface area contributed by atoms with Crippen LogP contribution in [0.15, 0.2) is 17.8 Å². The maximum atomic E-state index is 5.63. The molecule has 0 spiro atoms. The minimum atomic E-state index is 0.253. The summed E-state index contributed by atoms with van der Waals surface area (Å²) < 4.78 is 0. The van der Waals surface area contributed by atoms with Crippen molar-refractivity contribution in [3.05, 3.63) is 28.5 Å². The van der Waals surface area contributed by atoms with Crippen molar-refractivity contribution in [1.82, 2.24) is 25.1 Å². The van der Waals surface area contributed by atoms with Crippen LogP contribution in [0.4, 0.5) is 5.95 Å². The van der Waals surface area contributed by atoms with E-state index in [0.717, 1.165) is 16.1 Å². The van der Waals surface area contributed by atoms with E-state index in [4.69, 9.17) is 5.73 Å². The van der Waals surface area contributed by atoms with Crippen molar-refractivity contribution in [3.63, 3.8) is 0 Å². The summed E-state index contributed by atoms with van der Waals surface area (Å²) in [5, 5.41) is 10.5. The molecule has 3 aromatic rings. The standard InChI is InChI=1S/C9H8N6S/c10-9-13-6(3-7-11-1-2-16-7)5-4-12-15-8(5)14-9/h1-2,4H,3H2,(H3,10,12,13,14,15). The van der Waals surface area contributed by atoms with Crippen molar-refractivity contribution < 1.29 is 0 Å². The smallest absolute Gasteiger partial charge is 0.222 e. The molecular weight excluding hydrogens is 224 g/mol. The number of aromatic nitrogens is 5. The van der Waals surface area contributed by atoms with Crippen molar-refractivity contribution in [1.29, 1.82) is 0 Å². The fourth-order valence-corrected chi connectivity index (χ4v) is 2.15. The third-order valence-corrected chi connectivity index (χ3v) is 2.99. The molecule has 0 unspecified atom stereocenters. The molecule has 0 aliphatic rings.